The molecule has 0 bridgehead atoms. The zero-order chi connectivity index (χ0) is 14.9. The Kier molecular flexibility index (Phi) is 4.84. The van der Waals surface area contributed by atoms with Crippen LogP contribution in [-0.2, 0) is 4.74 Å². The predicted molar refractivity (Wildman–Crippen MR) is 82.1 cm³/mol. The van der Waals surface area contributed by atoms with Gasteiger partial charge in [-0.3, -0.25) is 4.90 Å². The second-order valence-electron chi connectivity index (χ2n) is 6.28. The van der Waals surface area contributed by atoms with Gasteiger partial charge in [0.05, 0.1) is 18.8 Å². The van der Waals surface area contributed by atoms with Gasteiger partial charge in [0.1, 0.15) is 0 Å². The highest BCUT2D eigenvalue weighted by molar-refractivity contribution is 5.39. The van der Waals surface area contributed by atoms with E-state index in [2.05, 4.69) is 51.7 Å². The number of nitrogens with zero attached hydrogens (tertiary/aromatic N) is 1. The fourth-order valence-corrected chi connectivity index (χ4v) is 3.26. The van der Waals surface area contributed by atoms with Gasteiger partial charge in [-0.1, -0.05) is 17.7 Å². The number of benzene rings is 1. The van der Waals surface area contributed by atoms with Gasteiger partial charge in [-0.2, -0.15) is 0 Å². The van der Waals surface area contributed by atoms with Crippen LogP contribution in [0.3, 0.4) is 0 Å². The molecule has 0 spiro atoms. The summed E-state index contributed by atoms with van der Waals surface area (Å²) in [7, 11) is 0. The van der Waals surface area contributed by atoms with Gasteiger partial charge in [-0.15, -0.1) is 0 Å². The molecule has 1 aromatic rings. The Balaban J connectivity index is 2.13. The summed E-state index contributed by atoms with van der Waals surface area (Å²) in [6.07, 6.45) is -0.179. The number of aliphatic hydroxyl groups excluding tert-OH is 1. The van der Waals surface area contributed by atoms with Crippen molar-refractivity contribution in [2.45, 2.75) is 52.9 Å². The van der Waals surface area contributed by atoms with Crippen molar-refractivity contribution in [1.82, 2.24) is 4.90 Å². The normalized spacial score (nSPS) is 25.7. The van der Waals surface area contributed by atoms with Gasteiger partial charge in [0.15, 0.2) is 0 Å². The first-order valence-electron chi connectivity index (χ1n) is 7.50. The molecule has 20 heavy (non-hydrogen) atoms. The van der Waals surface area contributed by atoms with Crippen LogP contribution in [0.5, 0.6) is 0 Å². The molecule has 2 rings (SSSR count). The SMILES string of the molecule is Cc1cc(C)c(C(O)CN2CC(C)OCC2C)c(C)c1. The molecule has 3 unspecified atom stereocenters. The Morgan fingerprint density at radius 2 is 1.85 bits per heavy atom. The Labute approximate surface area is 122 Å². The number of ether oxygens (including phenoxy) is 1. The van der Waals surface area contributed by atoms with E-state index in [-0.39, 0.29) is 6.10 Å². The highest BCUT2D eigenvalue weighted by Crippen LogP contribution is 2.25. The maximum Gasteiger partial charge on any atom is 0.0922 e. The minimum atomic E-state index is -0.427. The summed E-state index contributed by atoms with van der Waals surface area (Å²) in [5.74, 6) is 0. The lowest BCUT2D eigenvalue weighted by Crippen LogP contribution is -2.48. The van der Waals surface area contributed by atoms with E-state index in [9.17, 15) is 5.11 Å². The lowest BCUT2D eigenvalue weighted by molar-refractivity contribution is -0.0620. The number of β-amino-alcohol motifs (C(OH)–C–C–N with tert-alkyl or cyclic N) is 1. The highest BCUT2D eigenvalue weighted by Gasteiger charge is 2.26. The van der Waals surface area contributed by atoms with E-state index in [0.29, 0.717) is 12.6 Å². The van der Waals surface area contributed by atoms with Crippen molar-refractivity contribution >= 4 is 0 Å². The summed E-state index contributed by atoms with van der Waals surface area (Å²) in [6.45, 7) is 12.8. The average Bonchev–Trinajstić information content (AvgIpc) is 2.32. The van der Waals surface area contributed by atoms with Gasteiger partial charge in [0, 0.05) is 19.1 Å². The van der Waals surface area contributed by atoms with Crippen molar-refractivity contribution in [2.24, 2.45) is 0 Å². The number of hydrogen-bond donors (Lipinski definition) is 1. The van der Waals surface area contributed by atoms with Crippen LogP contribution in [0.4, 0.5) is 0 Å². The van der Waals surface area contributed by atoms with Crippen LogP contribution >= 0.6 is 0 Å². The third kappa shape index (κ3) is 3.40. The maximum atomic E-state index is 10.6. The first-order valence-corrected chi connectivity index (χ1v) is 7.50. The third-order valence-corrected chi connectivity index (χ3v) is 4.22. The number of morpholine rings is 1. The Bertz CT molecular complexity index is 449. The van der Waals surface area contributed by atoms with Crippen LogP contribution in [0.1, 0.15) is 42.2 Å². The molecule has 1 N–H and O–H groups in total. The van der Waals surface area contributed by atoms with Gasteiger partial charge in [-0.05, 0) is 51.3 Å². The van der Waals surface area contributed by atoms with Crippen molar-refractivity contribution in [3.8, 4) is 0 Å². The topological polar surface area (TPSA) is 32.7 Å². The summed E-state index contributed by atoms with van der Waals surface area (Å²) >= 11 is 0. The molecule has 1 aliphatic heterocycles. The van der Waals surface area contributed by atoms with Crippen LogP contribution in [-0.4, -0.2) is 41.8 Å². The van der Waals surface area contributed by atoms with Gasteiger partial charge in [0.2, 0.25) is 0 Å². The van der Waals surface area contributed by atoms with Gasteiger partial charge in [0.25, 0.3) is 0 Å². The monoisotopic (exact) mass is 277 g/mol. The predicted octanol–water partition coefficient (Wildman–Crippen LogP) is 2.75. The summed E-state index contributed by atoms with van der Waals surface area (Å²) in [5, 5.41) is 10.6. The third-order valence-electron chi connectivity index (χ3n) is 4.22. The molecule has 0 aliphatic carbocycles. The van der Waals surface area contributed by atoms with E-state index in [1.54, 1.807) is 0 Å². The molecule has 1 saturated heterocycles. The van der Waals surface area contributed by atoms with Gasteiger partial charge < -0.3 is 9.84 Å². The number of rotatable bonds is 3. The van der Waals surface area contributed by atoms with E-state index in [1.165, 1.54) is 16.7 Å². The molecule has 1 aromatic carbocycles. The largest absolute Gasteiger partial charge is 0.387 e. The summed E-state index contributed by atoms with van der Waals surface area (Å²) in [6, 6.07) is 4.67. The van der Waals surface area contributed by atoms with Crippen molar-refractivity contribution in [3.63, 3.8) is 0 Å². The molecule has 1 heterocycles. The molecule has 0 radical (unpaired) electrons. The highest BCUT2D eigenvalue weighted by atomic mass is 16.5. The smallest absolute Gasteiger partial charge is 0.0922 e. The Hall–Kier alpha value is -0.900. The molecule has 112 valence electrons. The quantitative estimate of drug-likeness (QED) is 0.922. The minimum absolute atomic E-state index is 0.249. The van der Waals surface area contributed by atoms with E-state index >= 15 is 0 Å². The van der Waals surface area contributed by atoms with Crippen LogP contribution in [0, 0.1) is 20.8 Å². The lowest BCUT2D eigenvalue weighted by Gasteiger charge is -2.38. The van der Waals surface area contributed by atoms with Gasteiger partial charge in [-0.25, -0.2) is 0 Å². The Morgan fingerprint density at radius 3 is 2.45 bits per heavy atom. The fraction of sp³-hybridized carbons (Fsp3) is 0.647. The summed E-state index contributed by atoms with van der Waals surface area (Å²) < 4.78 is 5.65. The van der Waals surface area contributed by atoms with Crippen LogP contribution in [0.25, 0.3) is 0 Å². The molecule has 0 saturated carbocycles. The maximum absolute atomic E-state index is 10.6. The first kappa shape index (κ1) is 15.5. The van der Waals surface area contributed by atoms with Crippen molar-refractivity contribution < 1.29 is 9.84 Å². The van der Waals surface area contributed by atoms with Crippen LogP contribution in [0.2, 0.25) is 0 Å². The Morgan fingerprint density at radius 1 is 1.25 bits per heavy atom. The molecule has 0 aromatic heterocycles. The molecule has 1 aliphatic rings. The number of aliphatic hydroxyl groups is 1. The number of aryl methyl sites for hydroxylation is 3. The molecule has 3 heteroatoms. The fourth-order valence-electron chi connectivity index (χ4n) is 3.26. The molecule has 1 fully saturated rings. The zero-order valence-corrected chi connectivity index (χ0v) is 13.3. The van der Waals surface area contributed by atoms with E-state index < -0.39 is 6.10 Å². The van der Waals surface area contributed by atoms with Crippen molar-refractivity contribution in [1.29, 1.82) is 0 Å². The molecule has 3 atom stereocenters. The van der Waals surface area contributed by atoms with Gasteiger partial charge >= 0.3 is 0 Å². The van der Waals surface area contributed by atoms with Crippen LogP contribution < -0.4 is 0 Å². The van der Waals surface area contributed by atoms with Crippen molar-refractivity contribution in [2.75, 3.05) is 19.7 Å². The zero-order valence-electron chi connectivity index (χ0n) is 13.3. The second-order valence-corrected chi connectivity index (χ2v) is 6.28. The molecule has 3 nitrogen and oxygen atoms in total. The average molecular weight is 277 g/mol. The summed E-state index contributed by atoms with van der Waals surface area (Å²) in [5.41, 5.74) is 4.71. The number of hydrogen-bond acceptors (Lipinski definition) is 3. The minimum Gasteiger partial charge on any atom is -0.387 e. The van der Waals surface area contributed by atoms with Crippen LogP contribution in [0.15, 0.2) is 12.1 Å². The van der Waals surface area contributed by atoms with E-state index in [0.717, 1.165) is 18.7 Å². The molecule has 0 amide bonds. The van der Waals surface area contributed by atoms with E-state index in [4.69, 9.17) is 4.74 Å². The molecular formula is C17H27NO2. The second kappa shape index (κ2) is 6.25. The lowest BCUT2D eigenvalue weighted by atomic mass is 9.95. The standard InChI is InChI=1S/C17H27NO2/c1-11-6-12(2)17(13(3)7-11)16(19)9-18-8-15(5)20-10-14(18)4/h6-7,14-16,19H,8-10H2,1-5H3. The summed E-state index contributed by atoms with van der Waals surface area (Å²) in [4.78, 5) is 2.33. The molecular weight excluding hydrogens is 250 g/mol. The van der Waals surface area contributed by atoms with Crippen molar-refractivity contribution in [3.05, 3.63) is 34.4 Å². The first-order chi connectivity index (χ1) is 9.38. The van der Waals surface area contributed by atoms with E-state index in [1.807, 2.05) is 0 Å².